The number of anilines is 1. The zero-order valence-electron chi connectivity index (χ0n) is 11.9. The first-order valence-electron chi connectivity index (χ1n) is 7.12. The van der Waals surface area contributed by atoms with E-state index in [2.05, 4.69) is 17.4 Å². The van der Waals surface area contributed by atoms with Crippen molar-refractivity contribution in [3.05, 3.63) is 64.7 Å². The third-order valence-electron chi connectivity index (χ3n) is 3.37. The Morgan fingerprint density at radius 2 is 1.64 bits per heavy atom. The van der Waals surface area contributed by atoms with Crippen molar-refractivity contribution in [2.75, 3.05) is 16.8 Å². The minimum absolute atomic E-state index is 0.0992. The molecule has 0 aliphatic carbocycles. The molecule has 0 bridgehead atoms. The molecule has 1 fully saturated rings. The maximum Gasteiger partial charge on any atom is 0.255 e. The van der Waals surface area contributed by atoms with E-state index >= 15 is 0 Å². The molecule has 1 amide bonds. The van der Waals surface area contributed by atoms with E-state index in [1.54, 1.807) is 24.3 Å². The number of halogens is 1. The van der Waals surface area contributed by atoms with Crippen LogP contribution in [0.5, 0.6) is 0 Å². The molecule has 1 aliphatic rings. The van der Waals surface area contributed by atoms with Crippen molar-refractivity contribution >= 4 is 46.7 Å². The molecule has 2 aromatic rings. The Kier molecular flexibility index (Phi) is 5.34. The molecule has 0 radical (unpaired) electrons. The average Bonchev–Trinajstić information content (AvgIpc) is 2.58. The van der Waals surface area contributed by atoms with E-state index in [9.17, 15) is 4.79 Å². The van der Waals surface area contributed by atoms with Crippen LogP contribution in [0, 0.1) is 0 Å². The highest BCUT2D eigenvalue weighted by molar-refractivity contribution is 8.16. The van der Waals surface area contributed by atoms with Crippen LogP contribution in [0.4, 0.5) is 5.69 Å². The molecule has 1 N–H and O–H groups in total. The number of hydrogen-bond acceptors (Lipinski definition) is 3. The maximum absolute atomic E-state index is 12.2. The van der Waals surface area contributed by atoms with Crippen molar-refractivity contribution < 1.29 is 4.79 Å². The van der Waals surface area contributed by atoms with Gasteiger partial charge in [0.25, 0.3) is 5.91 Å². The molecule has 114 valence electrons. The summed E-state index contributed by atoms with van der Waals surface area (Å²) in [5.41, 5.74) is 2.71. The normalized spacial score (nSPS) is 15.5. The van der Waals surface area contributed by atoms with Gasteiger partial charge in [-0.15, -0.1) is 23.5 Å². The van der Waals surface area contributed by atoms with Crippen LogP contribution in [0.2, 0.25) is 5.02 Å². The van der Waals surface area contributed by atoms with E-state index in [0.717, 1.165) is 5.69 Å². The number of amides is 1. The lowest BCUT2D eigenvalue weighted by Crippen LogP contribution is -2.11. The van der Waals surface area contributed by atoms with E-state index in [1.807, 2.05) is 35.7 Å². The Balaban J connectivity index is 1.66. The van der Waals surface area contributed by atoms with Gasteiger partial charge in [0.15, 0.2) is 0 Å². The summed E-state index contributed by atoms with van der Waals surface area (Å²) in [6.07, 6.45) is 1.29. The summed E-state index contributed by atoms with van der Waals surface area (Å²) < 4.78 is 0.502. The summed E-state index contributed by atoms with van der Waals surface area (Å²) in [5.74, 6) is 2.34. The van der Waals surface area contributed by atoms with Crippen LogP contribution in [0.3, 0.4) is 0 Å². The van der Waals surface area contributed by atoms with Gasteiger partial charge in [-0.25, -0.2) is 0 Å². The van der Waals surface area contributed by atoms with Gasteiger partial charge in [-0.3, -0.25) is 4.79 Å². The number of carbonyl (C=O) groups excluding carboxylic acids is 1. The van der Waals surface area contributed by atoms with E-state index in [4.69, 9.17) is 11.6 Å². The van der Waals surface area contributed by atoms with Crippen LogP contribution in [0.15, 0.2) is 48.5 Å². The number of thioether (sulfide) groups is 2. The smallest absolute Gasteiger partial charge is 0.255 e. The fourth-order valence-electron chi connectivity index (χ4n) is 2.21. The monoisotopic (exact) mass is 349 g/mol. The summed E-state index contributed by atoms with van der Waals surface area (Å²) in [7, 11) is 0. The number of nitrogens with one attached hydrogen (secondary N) is 1. The molecule has 3 rings (SSSR count). The number of rotatable bonds is 3. The molecule has 2 nitrogen and oxygen atoms in total. The molecule has 1 aliphatic heterocycles. The molecular formula is C17H16ClNOS2. The van der Waals surface area contributed by atoms with Crippen LogP contribution in [0.1, 0.15) is 26.9 Å². The van der Waals surface area contributed by atoms with Crippen molar-refractivity contribution in [2.45, 2.75) is 11.0 Å². The first-order valence-corrected chi connectivity index (χ1v) is 9.60. The Morgan fingerprint density at radius 1 is 1.00 bits per heavy atom. The van der Waals surface area contributed by atoms with Crippen LogP contribution in [-0.4, -0.2) is 17.4 Å². The Hall–Kier alpha value is -1.10. The summed E-state index contributed by atoms with van der Waals surface area (Å²) in [6, 6.07) is 15.0. The standard InChI is InChI=1S/C17H16ClNOS2/c18-14-6-8-15(9-7-14)19-16(20)12-2-4-13(5-3-12)17-21-10-1-11-22-17/h2-9,17H,1,10-11H2,(H,19,20). The van der Waals surface area contributed by atoms with Gasteiger partial charge in [0.2, 0.25) is 0 Å². The van der Waals surface area contributed by atoms with Gasteiger partial charge in [0.1, 0.15) is 0 Å². The Bertz CT molecular complexity index is 637. The lowest BCUT2D eigenvalue weighted by molar-refractivity contribution is 0.102. The van der Waals surface area contributed by atoms with Gasteiger partial charge < -0.3 is 5.32 Å². The highest BCUT2D eigenvalue weighted by Gasteiger charge is 2.16. The first kappa shape index (κ1) is 15.8. The fourth-order valence-corrected chi connectivity index (χ4v) is 5.23. The summed E-state index contributed by atoms with van der Waals surface area (Å²) in [5, 5.41) is 3.53. The van der Waals surface area contributed by atoms with Gasteiger partial charge in [0.05, 0.1) is 4.58 Å². The molecule has 0 saturated carbocycles. The zero-order chi connectivity index (χ0) is 15.4. The Morgan fingerprint density at radius 3 is 2.27 bits per heavy atom. The summed E-state index contributed by atoms with van der Waals surface area (Å²) >= 11 is 9.81. The van der Waals surface area contributed by atoms with Crippen molar-refractivity contribution in [3.63, 3.8) is 0 Å². The minimum atomic E-state index is -0.0992. The van der Waals surface area contributed by atoms with E-state index in [1.165, 1.54) is 23.5 Å². The molecule has 5 heteroatoms. The molecule has 2 aromatic carbocycles. The second-order valence-corrected chi connectivity index (χ2v) is 8.17. The second kappa shape index (κ2) is 7.44. The number of hydrogen-bond donors (Lipinski definition) is 1. The second-order valence-electron chi connectivity index (χ2n) is 5.01. The molecule has 1 saturated heterocycles. The van der Waals surface area contributed by atoms with E-state index in [-0.39, 0.29) is 5.91 Å². The molecule has 0 spiro atoms. The average molecular weight is 350 g/mol. The van der Waals surface area contributed by atoms with Crippen LogP contribution in [-0.2, 0) is 0 Å². The fraction of sp³-hybridized carbons (Fsp3) is 0.235. The highest BCUT2D eigenvalue weighted by atomic mass is 35.5. The van der Waals surface area contributed by atoms with Crippen LogP contribution in [0.25, 0.3) is 0 Å². The topological polar surface area (TPSA) is 29.1 Å². The predicted octanol–water partition coefficient (Wildman–Crippen LogP) is 5.46. The largest absolute Gasteiger partial charge is 0.322 e. The molecule has 1 heterocycles. The SMILES string of the molecule is O=C(Nc1ccc(Cl)cc1)c1ccc(C2SCCCS2)cc1. The summed E-state index contributed by atoms with van der Waals surface area (Å²) in [6.45, 7) is 0. The van der Waals surface area contributed by atoms with Crippen LogP contribution >= 0.6 is 35.1 Å². The molecule has 0 unspecified atom stereocenters. The van der Waals surface area contributed by atoms with Crippen molar-refractivity contribution in [3.8, 4) is 0 Å². The number of benzene rings is 2. The number of carbonyl (C=O) groups is 1. The van der Waals surface area contributed by atoms with Crippen molar-refractivity contribution in [2.24, 2.45) is 0 Å². The third-order valence-corrected chi connectivity index (χ3v) is 6.64. The van der Waals surface area contributed by atoms with Gasteiger partial charge >= 0.3 is 0 Å². The first-order chi connectivity index (χ1) is 10.7. The molecule has 22 heavy (non-hydrogen) atoms. The highest BCUT2D eigenvalue weighted by Crippen LogP contribution is 2.43. The van der Waals surface area contributed by atoms with Gasteiger partial charge in [-0.1, -0.05) is 23.7 Å². The van der Waals surface area contributed by atoms with E-state index < -0.39 is 0 Å². The van der Waals surface area contributed by atoms with E-state index in [0.29, 0.717) is 15.2 Å². The minimum Gasteiger partial charge on any atom is -0.322 e. The Labute approximate surface area is 144 Å². The molecule has 0 aromatic heterocycles. The zero-order valence-corrected chi connectivity index (χ0v) is 14.3. The van der Waals surface area contributed by atoms with Gasteiger partial charge in [-0.05, 0) is 59.9 Å². The predicted molar refractivity (Wildman–Crippen MR) is 98.1 cm³/mol. The molecular weight excluding hydrogens is 334 g/mol. The van der Waals surface area contributed by atoms with Crippen molar-refractivity contribution in [1.29, 1.82) is 0 Å². The molecule has 0 atom stereocenters. The third kappa shape index (κ3) is 4.00. The summed E-state index contributed by atoms with van der Waals surface area (Å²) in [4.78, 5) is 12.2. The quantitative estimate of drug-likeness (QED) is 0.797. The van der Waals surface area contributed by atoms with Gasteiger partial charge in [-0.2, -0.15) is 0 Å². The maximum atomic E-state index is 12.2. The lowest BCUT2D eigenvalue weighted by atomic mass is 10.1. The lowest BCUT2D eigenvalue weighted by Gasteiger charge is -2.21. The van der Waals surface area contributed by atoms with Gasteiger partial charge in [0, 0.05) is 16.3 Å². The van der Waals surface area contributed by atoms with Crippen molar-refractivity contribution in [1.82, 2.24) is 0 Å². The van der Waals surface area contributed by atoms with Crippen LogP contribution < -0.4 is 5.32 Å².